The number of rotatable bonds is 3. The Hall–Kier alpha value is -2.86. The molecule has 6 heteroatoms. The molecule has 3 aliphatic heterocycles. The molecule has 3 aromatic rings. The number of piperidine rings is 3. The van der Waals surface area contributed by atoms with Gasteiger partial charge in [-0.05, 0) is 68.7 Å². The van der Waals surface area contributed by atoms with Crippen molar-refractivity contribution in [2.24, 2.45) is 5.41 Å². The van der Waals surface area contributed by atoms with E-state index in [0.717, 1.165) is 60.9 Å². The molecule has 1 N–H and O–H groups in total. The molecule has 3 saturated heterocycles. The quantitative estimate of drug-likeness (QED) is 0.778. The summed E-state index contributed by atoms with van der Waals surface area (Å²) in [5, 5.41) is 12.5. The van der Waals surface area contributed by atoms with E-state index in [1.54, 1.807) is 6.20 Å². The fourth-order valence-corrected chi connectivity index (χ4v) is 4.24. The zero-order valence-corrected chi connectivity index (χ0v) is 15.1. The largest absolute Gasteiger partial charge is 0.309 e. The maximum Gasteiger partial charge on any atom is 0.231 e. The lowest BCUT2D eigenvalue weighted by Gasteiger charge is -2.46. The van der Waals surface area contributed by atoms with Gasteiger partial charge in [0.15, 0.2) is 5.82 Å². The summed E-state index contributed by atoms with van der Waals surface area (Å²) in [6.07, 6.45) is 6.41. The predicted octanol–water partition coefficient (Wildman–Crippen LogP) is 3.12. The maximum absolute atomic E-state index is 13.0. The molecule has 0 spiro atoms. The van der Waals surface area contributed by atoms with Gasteiger partial charge < -0.3 is 10.2 Å². The third-order valence-corrected chi connectivity index (χ3v) is 6.02. The summed E-state index contributed by atoms with van der Waals surface area (Å²) < 4.78 is 0. The zero-order chi connectivity index (χ0) is 18.3. The van der Waals surface area contributed by atoms with Crippen LogP contribution in [0.3, 0.4) is 0 Å². The van der Waals surface area contributed by atoms with E-state index in [2.05, 4.69) is 31.5 Å². The van der Waals surface area contributed by atoms with Crippen molar-refractivity contribution >= 4 is 22.6 Å². The van der Waals surface area contributed by atoms with Gasteiger partial charge in [-0.2, -0.15) is 0 Å². The third-order valence-electron chi connectivity index (χ3n) is 6.02. The van der Waals surface area contributed by atoms with Gasteiger partial charge in [-0.15, -0.1) is 10.2 Å². The number of fused-ring (bicyclic) bond motifs is 4. The number of pyridine rings is 1. The van der Waals surface area contributed by atoms with E-state index in [0.29, 0.717) is 5.82 Å². The number of nitrogens with zero attached hydrogens (tertiary/aromatic N) is 4. The predicted molar refractivity (Wildman–Crippen MR) is 104 cm³/mol. The summed E-state index contributed by atoms with van der Waals surface area (Å²) in [7, 11) is 0. The summed E-state index contributed by atoms with van der Waals surface area (Å²) in [5.41, 5.74) is 2.70. The van der Waals surface area contributed by atoms with Crippen LogP contribution in [-0.4, -0.2) is 45.6 Å². The van der Waals surface area contributed by atoms with Crippen LogP contribution >= 0.6 is 0 Å². The first kappa shape index (κ1) is 16.3. The second-order valence-corrected chi connectivity index (χ2v) is 7.57. The molecule has 27 heavy (non-hydrogen) atoms. The van der Waals surface area contributed by atoms with E-state index in [-0.39, 0.29) is 11.3 Å². The second-order valence-electron chi connectivity index (χ2n) is 7.57. The smallest absolute Gasteiger partial charge is 0.231 e. The number of nitrogens with one attached hydrogen (secondary N) is 1. The number of hydrogen-bond acceptors (Lipinski definition) is 5. The van der Waals surface area contributed by atoms with E-state index in [1.807, 2.05) is 36.5 Å². The van der Waals surface area contributed by atoms with E-state index in [4.69, 9.17) is 0 Å². The van der Waals surface area contributed by atoms with Crippen LogP contribution in [0.1, 0.15) is 19.3 Å². The Morgan fingerprint density at radius 2 is 1.81 bits per heavy atom. The Morgan fingerprint density at radius 1 is 1.00 bits per heavy atom. The van der Waals surface area contributed by atoms with Crippen molar-refractivity contribution in [1.29, 1.82) is 0 Å². The highest BCUT2D eigenvalue weighted by Gasteiger charge is 2.45. The van der Waals surface area contributed by atoms with Gasteiger partial charge in [0, 0.05) is 23.3 Å². The van der Waals surface area contributed by atoms with Gasteiger partial charge >= 0.3 is 0 Å². The van der Waals surface area contributed by atoms with Crippen LogP contribution in [-0.2, 0) is 4.79 Å². The van der Waals surface area contributed by atoms with Gasteiger partial charge in [-0.1, -0.05) is 12.1 Å². The first-order chi connectivity index (χ1) is 13.2. The van der Waals surface area contributed by atoms with Crippen LogP contribution in [0.5, 0.6) is 0 Å². The van der Waals surface area contributed by atoms with Crippen LogP contribution in [0.25, 0.3) is 22.0 Å². The number of carbonyl (C=O) groups is 1. The number of benzene rings is 1. The monoisotopic (exact) mass is 359 g/mol. The standard InChI is InChI=1S/C21H21N5O/c27-20(21-5-9-26(10-6-21)11-7-21)23-19-13-17-12-15(3-4-18(17)24-25-19)16-2-1-8-22-14-16/h1-4,8,12-14H,5-7,9-11H2,(H,23,25,27). The molecule has 6 nitrogen and oxygen atoms in total. The van der Waals surface area contributed by atoms with Crippen LogP contribution in [0.15, 0.2) is 48.8 Å². The summed E-state index contributed by atoms with van der Waals surface area (Å²) in [6.45, 7) is 3.06. The number of aromatic nitrogens is 3. The number of anilines is 1. The molecule has 5 heterocycles. The zero-order valence-electron chi connectivity index (χ0n) is 15.1. The molecule has 0 radical (unpaired) electrons. The average Bonchev–Trinajstić information content (AvgIpc) is 2.75. The molecule has 3 aliphatic rings. The van der Waals surface area contributed by atoms with Crippen LogP contribution in [0.2, 0.25) is 0 Å². The van der Waals surface area contributed by atoms with Crippen molar-refractivity contribution in [2.45, 2.75) is 19.3 Å². The van der Waals surface area contributed by atoms with E-state index >= 15 is 0 Å². The number of amides is 1. The molecule has 0 aliphatic carbocycles. The molecule has 1 amide bonds. The highest BCUT2D eigenvalue weighted by atomic mass is 16.2. The Balaban J connectivity index is 1.43. The number of carbonyl (C=O) groups excluding carboxylic acids is 1. The Labute approximate surface area is 157 Å². The molecule has 0 saturated carbocycles. The van der Waals surface area contributed by atoms with Crippen molar-refractivity contribution in [3.8, 4) is 11.1 Å². The van der Waals surface area contributed by atoms with Crippen molar-refractivity contribution in [3.05, 3.63) is 48.8 Å². The summed E-state index contributed by atoms with van der Waals surface area (Å²) >= 11 is 0. The molecule has 136 valence electrons. The Bertz CT molecular complexity index is 982. The molecular formula is C21H21N5O. The van der Waals surface area contributed by atoms with Gasteiger partial charge in [-0.25, -0.2) is 0 Å². The highest BCUT2D eigenvalue weighted by molar-refractivity contribution is 5.96. The van der Waals surface area contributed by atoms with Crippen LogP contribution < -0.4 is 5.32 Å². The minimum absolute atomic E-state index is 0.0962. The molecular weight excluding hydrogens is 338 g/mol. The lowest BCUT2D eigenvalue weighted by Crippen LogP contribution is -2.53. The van der Waals surface area contributed by atoms with E-state index in [9.17, 15) is 4.79 Å². The first-order valence-electron chi connectivity index (χ1n) is 9.44. The summed E-state index contributed by atoms with van der Waals surface area (Å²) in [5.74, 6) is 0.622. The van der Waals surface area contributed by atoms with Crippen molar-refractivity contribution in [1.82, 2.24) is 20.1 Å². The van der Waals surface area contributed by atoms with Gasteiger partial charge in [0.05, 0.1) is 10.9 Å². The molecule has 0 unspecified atom stereocenters. The molecule has 2 aromatic heterocycles. The normalized spacial score (nSPS) is 24.1. The fourth-order valence-electron chi connectivity index (χ4n) is 4.24. The molecule has 0 atom stereocenters. The van der Waals surface area contributed by atoms with Crippen molar-refractivity contribution in [3.63, 3.8) is 0 Å². The average molecular weight is 359 g/mol. The Morgan fingerprint density at radius 3 is 2.56 bits per heavy atom. The van der Waals surface area contributed by atoms with E-state index < -0.39 is 0 Å². The lowest BCUT2D eigenvalue weighted by atomic mass is 9.71. The second kappa shape index (κ2) is 6.39. The van der Waals surface area contributed by atoms with Gasteiger partial charge in [0.25, 0.3) is 0 Å². The van der Waals surface area contributed by atoms with Gasteiger partial charge in [0.2, 0.25) is 5.91 Å². The SMILES string of the molecule is O=C(Nc1cc2cc(-c3cccnc3)ccc2nn1)C12CCN(CC1)CC2. The lowest BCUT2D eigenvalue weighted by molar-refractivity contribution is -0.132. The third kappa shape index (κ3) is 2.96. The van der Waals surface area contributed by atoms with Gasteiger partial charge in [-0.3, -0.25) is 9.78 Å². The first-order valence-corrected chi connectivity index (χ1v) is 9.44. The van der Waals surface area contributed by atoms with Crippen molar-refractivity contribution < 1.29 is 4.79 Å². The van der Waals surface area contributed by atoms with Gasteiger partial charge in [0.1, 0.15) is 0 Å². The summed E-state index contributed by atoms with van der Waals surface area (Å²) in [4.78, 5) is 19.6. The number of hydrogen-bond donors (Lipinski definition) is 1. The molecule has 3 fully saturated rings. The van der Waals surface area contributed by atoms with E-state index in [1.165, 1.54) is 0 Å². The molecule has 2 bridgehead atoms. The van der Waals surface area contributed by atoms with Crippen LogP contribution in [0.4, 0.5) is 5.82 Å². The maximum atomic E-state index is 13.0. The molecule has 1 aromatic carbocycles. The highest BCUT2D eigenvalue weighted by Crippen LogP contribution is 2.40. The van der Waals surface area contributed by atoms with Crippen LogP contribution in [0, 0.1) is 5.41 Å². The summed E-state index contributed by atoms with van der Waals surface area (Å²) in [6, 6.07) is 11.9. The Kier molecular flexibility index (Phi) is 3.86. The minimum Gasteiger partial charge on any atom is -0.309 e. The van der Waals surface area contributed by atoms with Crippen molar-refractivity contribution in [2.75, 3.05) is 25.0 Å². The topological polar surface area (TPSA) is 71.0 Å². The molecule has 6 rings (SSSR count). The minimum atomic E-state index is -0.233. The fraction of sp³-hybridized carbons (Fsp3) is 0.333.